The van der Waals surface area contributed by atoms with Gasteiger partial charge in [0.05, 0.1) is 28.4 Å². The van der Waals surface area contributed by atoms with Gasteiger partial charge in [-0.05, 0) is 61.6 Å². The van der Waals surface area contributed by atoms with E-state index in [1.165, 1.54) is 18.2 Å². The van der Waals surface area contributed by atoms with E-state index in [9.17, 15) is 35.9 Å². The molecule has 0 radical (unpaired) electrons. The number of aryl methyl sites for hydroxylation is 1. The van der Waals surface area contributed by atoms with Gasteiger partial charge in [-0.3, -0.25) is 4.79 Å². The molecule has 1 N–H and O–H groups in total. The zero-order valence-electron chi connectivity index (χ0n) is 18.5. The summed E-state index contributed by atoms with van der Waals surface area (Å²) in [5, 5.41) is 9.87. The third-order valence-corrected chi connectivity index (χ3v) is 7.58. The van der Waals surface area contributed by atoms with Gasteiger partial charge in [0.2, 0.25) is 0 Å². The van der Waals surface area contributed by atoms with E-state index >= 15 is 0 Å². The lowest BCUT2D eigenvalue weighted by atomic mass is 9.84. The minimum Gasteiger partial charge on any atom is -0.481 e. The maximum absolute atomic E-state index is 14.5. The summed E-state index contributed by atoms with van der Waals surface area (Å²) >= 11 is 0. The Morgan fingerprint density at radius 2 is 1.85 bits per heavy atom. The molecule has 0 amide bonds. The van der Waals surface area contributed by atoms with E-state index in [1.54, 1.807) is 11.5 Å². The lowest BCUT2D eigenvalue weighted by Crippen LogP contribution is -2.20. The van der Waals surface area contributed by atoms with E-state index in [2.05, 4.69) is 0 Å². The van der Waals surface area contributed by atoms with Crippen molar-refractivity contribution in [3.63, 3.8) is 0 Å². The minimum absolute atomic E-state index is 0.195. The molecule has 2 atom stereocenters. The lowest BCUT2D eigenvalue weighted by molar-refractivity contribution is -0.138. The first-order chi connectivity index (χ1) is 15.8. The fraction of sp³-hybridized carbons (Fsp3) is 0.375. The molecular formula is C24H23F4NO4S. The van der Waals surface area contributed by atoms with Crippen molar-refractivity contribution in [2.75, 3.05) is 6.26 Å². The topological polar surface area (TPSA) is 76.4 Å². The number of fused-ring (bicyclic) bond motifs is 3. The molecule has 0 unspecified atom stereocenters. The maximum Gasteiger partial charge on any atom is 0.416 e. The van der Waals surface area contributed by atoms with Crippen molar-refractivity contribution < 1.29 is 35.9 Å². The molecule has 3 aromatic rings. The van der Waals surface area contributed by atoms with Crippen LogP contribution in [0.1, 0.15) is 60.5 Å². The number of aromatic nitrogens is 1. The van der Waals surface area contributed by atoms with Crippen LogP contribution in [0.15, 0.2) is 41.3 Å². The number of aliphatic carboxylic acids is 1. The van der Waals surface area contributed by atoms with Gasteiger partial charge in [0.25, 0.3) is 0 Å². The number of rotatable bonds is 5. The Bertz CT molecular complexity index is 1370. The van der Waals surface area contributed by atoms with Crippen LogP contribution in [-0.2, 0) is 27.2 Å². The molecule has 0 bridgehead atoms. The van der Waals surface area contributed by atoms with Crippen LogP contribution < -0.4 is 0 Å². The number of alkyl halides is 3. The number of sulfone groups is 1. The normalized spacial score (nSPS) is 17.5. The van der Waals surface area contributed by atoms with E-state index in [0.717, 1.165) is 24.5 Å². The molecule has 182 valence electrons. The van der Waals surface area contributed by atoms with Crippen LogP contribution in [0, 0.1) is 5.82 Å². The first-order valence-electron chi connectivity index (χ1n) is 10.7. The van der Waals surface area contributed by atoms with Crippen LogP contribution in [-0.4, -0.2) is 30.3 Å². The summed E-state index contributed by atoms with van der Waals surface area (Å²) < 4.78 is 80.7. The number of nitrogens with zero attached hydrogens (tertiary/aromatic N) is 1. The van der Waals surface area contributed by atoms with Crippen LogP contribution in [0.25, 0.3) is 10.9 Å². The number of halogens is 4. The Kier molecular flexibility index (Phi) is 6.00. The molecule has 0 spiro atoms. The van der Waals surface area contributed by atoms with E-state index in [1.807, 2.05) is 0 Å². The Labute approximate surface area is 193 Å². The summed E-state index contributed by atoms with van der Waals surface area (Å²) in [7, 11) is -3.88. The predicted molar refractivity (Wildman–Crippen MR) is 118 cm³/mol. The highest BCUT2D eigenvalue weighted by Crippen LogP contribution is 2.45. The first kappa shape index (κ1) is 24.3. The molecule has 0 aliphatic heterocycles. The van der Waals surface area contributed by atoms with E-state index < -0.39 is 45.3 Å². The maximum atomic E-state index is 14.5. The fourth-order valence-corrected chi connectivity index (χ4v) is 5.90. The van der Waals surface area contributed by atoms with Gasteiger partial charge in [0.1, 0.15) is 5.82 Å². The molecule has 0 fully saturated rings. The van der Waals surface area contributed by atoms with E-state index in [-0.39, 0.29) is 16.8 Å². The predicted octanol–water partition coefficient (Wildman–Crippen LogP) is 5.71. The molecule has 1 aromatic heterocycles. The summed E-state index contributed by atoms with van der Waals surface area (Å²) in [5.41, 5.74) is 1.21. The quantitative estimate of drug-likeness (QED) is 0.459. The van der Waals surface area contributed by atoms with Gasteiger partial charge in [0, 0.05) is 23.3 Å². The molecule has 10 heteroatoms. The highest BCUT2D eigenvalue weighted by atomic mass is 32.2. The van der Waals surface area contributed by atoms with Crippen molar-refractivity contribution >= 4 is 26.7 Å². The lowest BCUT2D eigenvalue weighted by Gasteiger charge is -2.28. The Balaban J connectivity index is 2.04. The molecule has 2 aromatic carbocycles. The van der Waals surface area contributed by atoms with E-state index in [0.29, 0.717) is 41.5 Å². The smallest absolute Gasteiger partial charge is 0.416 e. The standard InChI is InChI=1S/C24H23F4NO4S/c1-13(14-6-8-16(9-7-14)24(26,27)28)29-22-15(10-21(30)31)4-3-5-18(22)19-11-17(25)12-20(23(19)29)34(2,32)33/h6-9,11-13,15H,3-5,10H2,1-2H3,(H,30,31)/t13-,15-/m1/s1. The van der Waals surface area contributed by atoms with Crippen molar-refractivity contribution in [1.82, 2.24) is 4.57 Å². The Hall–Kier alpha value is -2.88. The van der Waals surface area contributed by atoms with Crippen molar-refractivity contribution in [2.24, 2.45) is 0 Å². The first-order valence-corrected chi connectivity index (χ1v) is 12.6. The summed E-state index contributed by atoms with van der Waals surface area (Å²) in [5.74, 6) is -2.19. The number of carbonyl (C=O) groups is 1. The van der Waals surface area contributed by atoms with Crippen molar-refractivity contribution in [2.45, 2.75) is 55.6 Å². The average molecular weight is 498 g/mol. The third-order valence-electron chi connectivity index (χ3n) is 6.47. The molecule has 0 saturated heterocycles. The highest BCUT2D eigenvalue weighted by Gasteiger charge is 2.34. The molecule has 1 aliphatic rings. The van der Waals surface area contributed by atoms with Crippen molar-refractivity contribution in [1.29, 1.82) is 0 Å². The van der Waals surface area contributed by atoms with Gasteiger partial charge >= 0.3 is 12.1 Å². The second-order valence-corrected chi connectivity index (χ2v) is 10.8. The van der Waals surface area contributed by atoms with Gasteiger partial charge in [-0.15, -0.1) is 0 Å². The minimum atomic E-state index is -4.51. The molecule has 34 heavy (non-hydrogen) atoms. The number of hydrogen-bond acceptors (Lipinski definition) is 3. The summed E-state index contributed by atoms with van der Waals surface area (Å²) in [4.78, 5) is 11.4. The average Bonchev–Trinajstić information content (AvgIpc) is 3.06. The molecule has 1 heterocycles. The molecular weight excluding hydrogens is 474 g/mol. The number of carboxylic acid groups (broad SMARTS) is 1. The summed E-state index contributed by atoms with van der Waals surface area (Å²) in [6.45, 7) is 1.71. The monoisotopic (exact) mass is 497 g/mol. The SMILES string of the molecule is C[C@H](c1ccc(C(F)(F)F)cc1)n1c2c(c3cc(F)cc(S(C)(=O)=O)c31)CCC[C@@H]2CC(=O)O. The van der Waals surface area contributed by atoms with Gasteiger partial charge in [0.15, 0.2) is 9.84 Å². The van der Waals surface area contributed by atoms with Crippen LogP contribution >= 0.6 is 0 Å². The largest absolute Gasteiger partial charge is 0.481 e. The van der Waals surface area contributed by atoms with Crippen molar-refractivity contribution in [3.05, 3.63) is 64.6 Å². The second kappa shape index (κ2) is 8.41. The summed E-state index contributed by atoms with van der Waals surface area (Å²) in [6, 6.07) is 6.11. The number of hydrogen-bond donors (Lipinski definition) is 1. The van der Waals surface area contributed by atoms with Gasteiger partial charge in [-0.2, -0.15) is 13.2 Å². The van der Waals surface area contributed by atoms with Gasteiger partial charge in [-0.1, -0.05) is 12.1 Å². The fourth-order valence-electron chi connectivity index (χ4n) is 5.02. The molecule has 5 nitrogen and oxygen atoms in total. The Morgan fingerprint density at radius 1 is 1.21 bits per heavy atom. The van der Waals surface area contributed by atoms with Crippen LogP contribution in [0.4, 0.5) is 17.6 Å². The van der Waals surface area contributed by atoms with Crippen LogP contribution in [0.2, 0.25) is 0 Å². The summed E-state index contributed by atoms with van der Waals surface area (Å²) in [6.07, 6.45) is -2.01. The van der Waals surface area contributed by atoms with Crippen LogP contribution in [0.5, 0.6) is 0 Å². The van der Waals surface area contributed by atoms with Gasteiger partial charge < -0.3 is 9.67 Å². The zero-order valence-corrected chi connectivity index (χ0v) is 19.3. The Morgan fingerprint density at radius 3 is 2.41 bits per heavy atom. The van der Waals surface area contributed by atoms with Crippen LogP contribution in [0.3, 0.4) is 0 Å². The number of benzene rings is 2. The van der Waals surface area contributed by atoms with E-state index in [4.69, 9.17) is 0 Å². The van der Waals surface area contributed by atoms with Gasteiger partial charge in [-0.25, -0.2) is 12.8 Å². The molecule has 0 saturated carbocycles. The molecule has 1 aliphatic carbocycles. The third kappa shape index (κ3) is 4.31. The molecule has 4 rings (SSSR count). The van der Waals surface area contributed by atoms with Crippen molar-refractivity contribution in [3.8, 4) is 0 Å². The second-order valence-electron chi connectivity index (χ2n) is 8.79. The highest BCUT2D eigenvalue weighted by molar-refractivity contribution is 7.91. The zero-order chi connectivity index (χ0) is 25.0. The number of carboxylic acids is 1.